The van der Waals surface area contributed by atoms with Gasteiger partial charge in [-0.1, -0.05) is 13.8 Å². The summed E-state index contributed by atoms with van der Waals surface area (Å²) in [6.07, 6.45) is 3.92. The van der Waals surface area contributed by atoms with Gasteiger partial charge in [0.1, 0.15) is 12.2 Å². The number of nitrogens with one attached hydrogen (secondary N) is 1. The molecule has 1 aromatic rings. The van der Waals surface area contributed by atoms with Gasteiger partial charge >= 0.3 is 0 Å². The van der Waals surface area contributed by atoms with E-state index >= 15 is 0 Å². The Balaban J connectivity index is 1.91. The molecule has 1 atom stereocenters. The smallest absolute Gasteiger partial charge is 0.140 e. The predicted octanol–water partition coefficient (Wildman–Crippen LogP) is 1.59. The molecule has 0 radical (unpaired) electrons. The highest BCUT2D eigenvalue weighted by Gasteiger charge is 2.27. The second-order valence-corrected chi connectivity index (χ2v) is 5.82. The summed E-state index contributed by atoms with van der Waals surface area (Å²) in [5, 5.41) is 7.84. The predicted molar refractivity (Wildman–Crippen MR) is 70.2 cm³/mol. The van der Waals surface area contributed by atoms with Gasteiger partial charge in [-0.2, -0.15) is 5.10 Å². The van der Waals surface area contributed by atoms with E-state index in [9.17, 15) is 0 Å². The normalized spacial score (nSPS) is 24.7. The Morgan fingerprint density at radius 3 is 3.06 bits per heavy atom. The second kappa shape index (κ2) is 5.80. The summed E-state index contributed by atoms with van der Waals surface area (Å²) in [5.74, 6) is 1.59. The fourth-order valence-electron chi connectivity index (χ4n) is 2.29. The van der Waals surface area contributed by atoms with E-state index in [1.807, 2.05) is 4.68 Å². The zero-order valence-corrected chi connectivity index (χ0v) is 11.6. The molecule has 1 aromatic heterocycles. The Bertz CT molecular complexity index is 369. The Kier molecular flexibility index (Phi) is 4.35. The first-order chi connectivity index (χ1) is 8.59. The summed E-state index contributed by atoms with van der Waals surface area (Å²) in [4.78, 5) is 4.33. The SMILES string of the molecule is CC(C)Cn1ncnc1CNC1(C)CCCOC1. The van der Waals surface area contributed by atoms with Crippen LogP contribution in [0.25, 0.3) is 0 Å². The first-order valence-corrected chi connectivity index (χ1v) is 6.78. The molecule has 0 bridgehead atoms. The van der Waals surface area contributed by atoms with E-state index in [0.717, 1.165) is 45.0 Å². The van der Waals surface area contributed by atoms with Crippen LogP contribution in [0.3, 0.4) is 0 Å². The van der Waals surface area contributed by atoms with E-state index in [-0.39, 0.29) is 5.54 Å². The van der Waals surface area contributed by atoms with Gasteiger partial charge in [-0.05, 0) is 25.7 Å². The van der Waals surface area contributed by atoms with Crippen molar-refractivity contribution in [1.29, 1.82) is 0 Å². The van der Waals surface area contributed by atoms with E-state index in [0.29, 0.717) is 5.92 Å². The monoisotopic (exact) mass is 252 g/mol. The fraction of sp³-hybridized carbons (Fsp3) is 0.846. The van der Waals surface area contributed by atoms with Crippen LogP contribution in [0.2, 0.25) is 0 Å². The van der Waals surface area contributed by atoms with Crippen molar-refractivity contribution in [3.05, 3.63) is 12.2 Å². The topological polar surface area (TPSA) is 52.0 Å². The van der Waals surface area contributed by atoms with E-state index < -0.39 is 0 Å². The van der Waals surface area contributed by atoms with Crippen LogP contribution in [-0.4, -0.2) is 33.5 Å². The van der Waals surface area contributed by atoms with E-state index in [4.69, 9.17) is 4.74 Å². The van der Waals surface area contributed by atoms with Crippen molar-refractivity contribution in [2.45, 2.75) is 52.2 Å². The van der Waals surface area contributed by atoms with Crippen LogP contribution < -0.4 is 5.32 Å². The maximum absolute atomic E-state index is 5.54. The molecular weight excluding hydrogens is 228 g/mol. The van der Waals surface area contributed by atoms with Crippen molar-refractivity contribution in [2.24, 2.45) is 5.92 Å². The number of nitrogens with zero attached hydrogens (tertiary/aromatic N) is 3. The van der Waals surface area contributed by atoms with Crippen molar-refractivity contribution in [2.75, 3.05) is 13.2 Å². The zero-order chi connectivity index (χ0) is 13.0. The molecule has 5 heteroatoms. The minimum absolute atomic E-state index is 0.0763. The molecule has 102 valence electrons. The minimum atomic E-state index is 0.0763. The first-order valence-electron chi connectivity index (χ1n) is 6.78. The van der Waals surface area contributed by atoms with Crippen molar-refractivity contribution >= 4 is 0 Å². The molecule has 0 aliphatic carbocycles. The lowest BCUT2D eigenvalue weighted by atomic mass is 9.95. The van der Waals surface area contributed by atoms with Crippen molar-refractivity contribution < 1.29 is 4.74 Å². The Labute approximate surface area is 109 Å². The lowest BCUT2D eigenvalue weighted by Crippen LogP contribution is -2.48. The Morgan fingerprint density at radius 1 is 1.56 bits per heavy atom. The molecule has 1 N–H and O–H groups in total. The Hall–Kier alpha value is -0.940. The van der Waals surface area contributed by atoms with Crippen molar-refractivity contribution in [3.8, 4) is 0 Å². The van der Waals surface area contributed by atoms with E-state index in [1.165, 1.54) is 0 Å². The zero-order valence-electron chi connectivity index (χ0n) is 11.6. The number of ether oxygens (including phenoxy) is 1. The van der Waals surface area contributed by atoms with Gasteiger partial charge in [0.05, 0.1) is 13.2 Å². The quantitative estimate of drug-likeness (QED) is 0.864. The third kappa shape index (κ3) is 3.53. The molecule has 0 spiro atoms. The lowest BCUT2D eigenvalue weighted by molar-refractivity contribution is 0.0273. The van der Waals surface area contributed by atoms with Gasteiger partial charge in [0.2, 0.25) is 0 Å². The highest BCUT2D eigenvalue weighted by Crippen LogP contribution is 2.18. The molecule has 0 saturated carbocycles. The lowest BCUT2D eigenvalue weighted by Gasteiger charge is -2.34. The standard InChI is InChI=1S/C13H24N4O/c1-11(2)8-17-12(14-10-16-17)7-15-13(3)5-4-6-18-9-13/h10-11,15H,4-9H2,1-3H3. The molecule has 1 aliphatic heterocycles. The summed E-state index contributed by atoms with van der Waals surface area (Å²) in [6, 6.07) is 0. The second-order valence-electron chi connectivity index (χ2n) is 5.82. The average molecular weight is 252 g/mol. The third-order valence-corrected chi connectivity index (χ3v) is 3.34. The molecule has 1 unspecified atom stereocenters. The van der Waals surface area contributed by atoms with Gasteiger partial charge in [0, 0.05) is 18.7 Å². The molecule has 2 rings (SSSR count). The number of hydrogen-bond donors (Lipinski definition) is 1. The minimum Gasteiger partial charge on any atom is -0.380 e. The molecule has 1 aliphatic rings. The summed E-state index contributed by atoms with van der Waals surface area (Å²) in [5.41, 5.74) is 0.0763. The molecule has 1 saturated heterocycles. The number of hydrogen-bond acceptors (Lipinski definition) is 4. The van der Waals surface area contributed by atoms with Gasteiger partial charge in [-0.3, -0.25) is 0 Å². The largest absolute Gasteiger partial charge is 0.380 e. The fourth-order valence-corrected chi connectivity index (χ4v) is 2.29. The van der Waals surface area contributed by atoms with Gasteiger partial charge < -0.3 is 10.1 Å². The van der Waals surface area contributed by atoms with Gasteiger partial charge in [0.25, 0.3) is 0 Å². The molecule has 0 aromatic carbocycles. The highest BCUT2D eigenvalue weighted by atomic mass is 16.5. The van der Waals surface area contributed by atoms with Crippen molar-refractivity contribution in [3.63, 3.8) is 0 Å². The molecule has 5 nitrogen and oxygen atoms in total. The summed E-state index contributed by atoms with van der Waals surface area (Å²) in [7, 11) is 0. The van der Waals surface area contributed by atoms with E-state index in [1.54, 1.807) is 6.33 Å². The van der Waals surface area contributed by atoms with Crippen LogP contribution >= 0.6 is 0 Å². The molecule has 18 heavy (non-hydrogen) atoms. The maximum Gasteiger partial charge on any atom is 0.140 e. The first kappa shape index (κ1) is 13.5. The average Bonchev–Trinajstić information content (AvgIpc) is 2.74. The summed E-state index contributed by atoms with van der Waals surface area (Å²) >= 11 is 0. The van der Waals surface area contributed by atoms with Crippen molar-refractivity contribution in [1.82, 2.24) is 20.1 Å². The molecule has 0 amide bonds. The van der Waals surface area contributed by atoms with E-state index in [2.05, 4.69) is 36.2 Å². The number of rotatable bonds is 5. The van der Waals surface area contributed by atoms with Crippen LogP contribution in [0.1, 0.15) is 39.4 Å². The van der Waals surface area contributed by atoms with Gasteiger partial charge in [0.15, 0.2) is 0 Å². The number of aromatic nitrogens is 3. The molecule has 2 heterocycles. The summed E-state index contributed by atoms with van der Waals surface area (Å²) < 4.78 is 7.54. The van der Waals surface area contributed by atoms with Crippen LogP contribution in [0.5, 0.6) is 0 Å². The summed E-state index contributed by atoms with van der Waals surface area (Å²) in [6.45, 7) is 9.95. The molecule has 1 fully saturated rings. The van der Waals surface area contributed by atoms with Crippen LogP contribution in [0.15, 0.2) is 6.33 Å². The van der Waals surface area contributed by atoms with Gasteiger partial charge in [-0.25, -0.2) is 9.67 Å². The van der Waals surface area contributed by atoms with Crippen LogP contribution in [0.4, 0.5) is 0 Å². The highest BCUT2D eigenvalue weighted by molar-refractivity contribution is 4.91. The van der Waals surface area contributed by atoms with Crippen LogP contribution in [-0.2, 0) is 17.8 Å². The maximum atomic E-state index is 5.54. The third-order valence-electron chi connectivity index (χ3n) is 3.34. The van der Waals surface area contributed by atoms with Crippen LogP contribution in [0, 0.1) is 5.92 Å². The molecular formula is C13H24N4O. The van der Waals surface area contributed by atoms with Gasteiger partial charge in [-0.15, -0.1) is 0 Å². The Morgan fingerprint density at radius 2 is 2.39 bits per heavy atom.